The minimum atomic E-state index is -1.07. The van der Waals surface area contributed by atoms with E-state index in [1.54, 1.807) is 36.4 Å². The van der Waals surface area contributed by atoms with Crippen LogP contribution in [0.25, 0.3) is 11.0 Å². The van der Waals surface area contributed by atoms with Gasteiger partial charge in [0.05, 0.1) is 17.0 Å². The molecule has 1 aromatic heterocycles. The van der Waals surface area contributed by atoms with Crippen LogP contribution in [0.5, 0.6) is 0 Å². The number of hydrogen-bond acceptors (Lipinski definition) is 5. The molecule has 2 amide bonds. The van der Waals surface area contributed by atoms with Crippen LogP contribution in [0.2, 0.25) is 0 Å². The number of ketones is 1. The molecule has 168 valence electrons. The van der Waals surface area contributed by atoms with Crippen LogP contribution in [0, 0.1) is 5.92 Å². The average Bonchev–Trinajstić information content (AvgIpc) is 3.46. The lowest BCUT2D eigenvalue weighted by molar-refractivity contribution is -0.141. The molecule has 7 heteroatoms. The van der Waals surface area contributed by atoms with Gasteiger partial charge in [-0.2, -0.15) is 0 Å². The number of aliphatic carboxylic acids is 1. The first kappa shape index (κ1) is 21.1. The van der Waals surface area contributed by atoms with Crippen LogP contribution in [-0.2, 0) is 17.6 Å². The average molecular weight is 445 g/mol. The van der Waals surface area contributed by atoms with Crippen LogP contribution in [0.4, 0.5) is 0 Å². The van der Waals surface area contributed by atoms with Crippen molar-refractivity contribution in [3.8, 4) is 0 Å². The number of fused-ring (bicyclic) bond motifs is 4. The molecule has 0 bridgehead atoms. The van der Waals surface area contributed by atoms with Gasteiger partial charge in [0.15, 0.2) is 5.78 Å². The Hall–Kier alpha value is -3.74. The number of carboxylic acid groups (broad SMARTS) is 1. The maximum Gasteiger partial charge on any atom is 0.306 e. The molecule has 3 aromatic rings. The number of carboxylic acids is 1. The van der Waals surface area contributed by atoms with E-state index in [1.807, 2.05) is 6.07 Å². The third kappa shape index (κ3) is 3.73. The summed E-state index contributed by atoms with van der Waals surface area (Å²) in [6.07, 6.45) is 3.30. The number of rotatable bonds is 8. The molecule has 1 aliphatic heterocycles. The van der Waals surface area contributed by atoms with Gasteiger partial charge in [-0.05, 0) is 43.9 Å². The highest BCUT2D eigenvalue weighted by molar-refractivity contribution is 6.21. The van der Waals surface area contributed by atoms with Crippen molar-refractivity contribution in [1.82, 2.24) is 4.90 Å². The predicted molar refractivity (Wildman–Crippen MR) is 119 cm³/mol. The molecule has 33 heavy (non-hydrogen) atoms. The zero-order valence-corrected chi connectivity index (χ0v) is 18.0. The molecular weight excluding hydrogens is 422 g/mol. The van der Waals surface area contributed by atoms with Crippen LogP contribution < -0.4 is 0 Å². The first-order valence-electron chi connectivity index (χ1n) is 11.2. The number of imide groups is 1. The van der Waals surface area contributed by atoms with Gasteiger partial charge in [0, 0.05) is 35.9 Å². The SMILES string of the molecule is O=C(CC(CCCN1C(=O)c2ccccc2C1=O)C(=O)O)c1ccc2c3c(oc2c1)CCC3. The second-order valence-corrected chi connectivity index (χ2v) is 8.68. The molecule has 0 radical (unpaired) electrons. The maximum absolute atomic E-state index is 12.8. The van der Waals surface area contributed by atoms with E-state index >= 15 is 0 Å². The summed E-state index contributed by atoms with van der Waals surface area (Å²) in [6, 6.07) is 11.9. The van der Waals surface area contributed by atoms with Crippen molar-refractivity contribution in [2.45, 2.75) is 38.5 Å². The van der Waals surface area contributed by atoms with Gasteiger partial charge in [0.25, 0.3) is 11.8 Å². The van der Waals surface area contributed by atoms with E-state index in [9.17, 15) is 24.3 Å². The van der Waals surface area contributed by atoms with E-state index in [0.29, 0.717) is 28.7 Å². The Bertz CT molecular complexity index is 1270. The smallest absolute Gasteiger partial charge is 0.306 e. The highest BCUT2D eigenvalue weighted by Crippen LogP contribution is 2.33. The highest BCUT2D eigenvalue weighted by atomic mass is 16.4. The quantitative estimate of drug-likeness (QED) is 0.410. The molecule has 2 aliphatic rings. The van der Waals surface area contributed by atoms with Gasteiger partial charge in [0.2, 0.25) is 0 Å². The van der Waals surface area contributed by atoms with Crippen molar-refractivity contribution >= 4 is 34.5 Å². The summed E-state index contributed by atoms with van der Waals surface area (Å²) in [6.45, 7) is 0.119. The van der Waals surface area contributed by atoms with E-state index in [0.717, 1.165) is 35.3 Å². The Balaban J connectivity index is 1.22. The monoisotopic (exact) mass is 445 g/mol. The summed E-state index contributed by atoms with van der Waals surface area (Å²) >= 11 is 0. The highest BCUT2D eigenvalue weighted by Gasteiger charge is 2.35. The number of nitrogens with zero attached hydrogens (tertiary/aromatic N) is 1. The maximum atomic E-state index is 12.8. The van der Waals surface area contributed by atoms with Crippen molar-refractivity contribution < 1.29 is 28.7 Å². The molecule has 1 unspecified atom stereocenters. The fourth-order valence-corrected chi connectivity index (χ4v) is 4.87. The van der Waals surface area contributed by atoms with Crippen molar-refractivity contribution in [2.75, 3.05) is 6.54 Å². The summed E-state index contributed by atoms with van der Waals surface area (Å²) in [7, 11) is 0. The van der Waals surface area contributed by atoms with Crippen molar-refractivity contribution in [3.05, 3.63) is 70.5 Å². The van der Waals surface area contributed by atoms with E-state index in [4.69, 9.17) is 4.42 Å². The van der Waals surface area contributed by atoms with Crippen LogP contribution in [0.15, 0.2) is 46.9 Å². The Morgan fingerprint density at radius 3 is 2.45 bits per heavy atom. The zero-order valence-electron chi connectivity index (χ0n) is 18.0. The molecule has 7 nitrogen and oxygen atoms in total. The van der Waals surface area contributed by atoms with Crippen LogP contribution >= 0.6 is 0 Å². The van der Waals surface area contributed by atoms with E-state index in [2.05, 4.69) is 0 Å². The second-order valence-electron chi connectivity index (χ2n) is 8.68. The summed E-state index contributed by atoms with van der Waals surface area (Å²) in [5, 5.41) is 10.7. The lowest BCUT2D eigenvalue weighted by atomic mass is 9.93. The minimum Gasteiger partial charge on any atom is -0.481 e. The fourth-order valence-electron chi connectivity index (χ4n) is 4.87. The summed E-state index contributed by atoms with van der Waals surface area (Å²) in [4.78, 5) is 50.7. The number of carbonyl (C=O) groups excluding carboxylic acids is 3. The number of Topliss-reactive ketones (excluding diaryl/α,β-unsaturated/α-hetero) is 1. The molecule has 2 heterocycles. The second kappa shape index (κ2) is 8.31. The van der Waals surface area contributed by atoms with Crippen LogP contribution in [0.1, 0.15) is 68.1 Å². The third-order valence-electron chi connectivity index (χ3n) is 6.62. The molecule has 0 saturated heterocycles. The summed E-state index contributed by atoms with van der Waals surface area (Å²) in [5.41, 5.74) is 3.05. The molecule has 5 rings (SSSR count). The number of amides is 2. The number of benzene rings is 2. The molecule has 1 aliphatic carbocycles. The molecular formula is C26H23NO6. The van der Waals surface area contributed by atoms with Crippen molar-refractivity contribution in [3.63, 3.8) is 0 Å². The topological polar surface area (TPSA) is 105 Å². The fraction of sp³-hybridized carbons (Fsp3) is 0.308. The lowest BCUT2D eigenvalue weighted by Crippen LogP contribution is -2.31. The van der Waals surface area contributed by atoms with E-state index < -0.39 is 11.9 Å². The molecule has 0 fully saturated rings. The Morgan fingerprint density at radius 1 is 1.03 bits per heavy atom. The normalized spacial score (nSPS) is 15.7. The Morgan fingerprint density at radius 2 is 1.76 bits per heavy atom. The van der Waals surface area contributed by atoms with E-state index in [-0.39, 0.29) is 37.0 Å². The standard InChI is InChI=1S/C26H23NO6/c28-21(15-10-11-18-17-8-3-9-22(17)33-23(18)14-15)13-16(26(31)32)5-4-12-27-24(29)19-6-1-2-7-20(19)25(27)30/h1-2,6-7,10-11,14,16H,3-5,8-9,12-13H2,(H,31,32). The molecule has 0 spiro atoms. The number of aryl methyl sites for hydroxylation is 2. The number of hydrogen-bond donors (Lipinski definition) is 1. The Labute approximate surface area is 190 Å². The van der Waals surface area contributed by atoms with E-state index in [1.165, 1.54) is 5.56 Å². The van der Waals surface area contributed by atoms with Crippen LogP contribution in [-0.4, -0.2) is 40.1 Å². The minimum absolute atomic E-state index is 0.119. The Kier molecular flexibility index (Phi) is 5.32. The third-order valence-corrected chi connectivity index (χ3v) is 6.62. The van der Waals surface area contributed by atoms with Gasteiger partial charge in [-0.3, -0.25) is 24.1 Å². The van der Waals surface area contributed by atoms with Gasteiger partial charge in [-0.25, -0.2) is 0 Å². The summed E-state index contributed by atoms with van der Waals surface area (Å²) in [5.74, 6) is -1.98. The molecule has 0 saturated carbocycles. The number of carbonyl (C=O) groups is 4. The van der Waals surface area contributed by atoms with Gasteiger partial charge >= 0.3 is 5.97 Å². The van der Waals surface area contributed by atoms with Crippen LogP contribution in [0.3, 0.4) is 0 Å². The lowest BCUT2D eigenvalue weighted by Gasteiger charge is -2.16. The molecule has 1 N–H and O–H groups in total. The molecule has 2 aromatic carbocycles. The van der Waals surface area contributed by atoms with Gasteiger partial charge in [-0.1, -0.05) is 24.3 Å². The largest absolute Gasteiger partial charge is 0.481 e. The molecule has 1 atom stereocenters. The number of furan rings is 1. The predicted octanol–water partition coefficient (Wildman–Crippen LogP) is 4.27. The zero-order chi connectivity index (χ0) is 23.1. The van der Waals surface area contributed by atoms with Crippen molar-refractivity contribution in [1.29, 1.82) is 0 Å². The van der Waals surface area contributed by atoms with Gasteiger partial charge in [-0.15, -0.1) is 0 Å². The first-order valence-corrected chi connectivity index (χ1v) is 11.2. The first-order chi connectivity index (χ1) is 15.9. The van der Waals surface area contributed by atoms with Crippen molar-refractivity contribution in [2.24, 2.45) is 5.92 Å². The van der Waals surface area contributed by atoms with Gasteiger partial charge in [0.1, 0.15) is 11.3 Å². The van der Waals surface area contributed by atoms with Gasteiger partial charge < -0.3 is 9.52 Å². The summed E-state index contributed by atoms with van der Waals surface area (Å²) < 4.78 is 5.88.